The highest BCUT2D eigenvalue weighted by Gasteiger charge is 2.19. The summed E-state index contributed by atoms with van der Waals surface area (Å²) in [5.41, 5.74) is 7.23. The van der Waals surface area contributed by atoms with Crippen molar-refractivity contribution in [3.05, 3.63) is 22.5 Å². The van der Waals surface area contributed by atoms with Crippen molar-refractivity contribution < 1.29 is 0 Å². The SMILES string of the molecule is CC(C)=C[Si](Br)(Br)C=C(C)C. The van der Waals surface area contributed by atoms with E-state index in [9.17, 15) is 0 Å². The van der Waals surface area contributed by atoms with Crippen LogP contribution in [0.4, 0.5) is 0 Å². The van der Waals surface area contributed by atoms with Gasteiger partial charge in [0.05, 0.1) is 0 Å². The Hall–Kier alpha value is 0.657. The van der Waals surface area contributed by atoms with Crippen LogP contribution in [0.15, 0.2) is 22.5 Å². The number of hydrogen-bond donors (Lipinski definition) is 0. The van der Waals surface area contributed by atoms with Crippen molar-refractivity contribution in [3.63, 3.8) is 0 Å². The Labute approximate surface area is 85.9 Å². The summed E-state index contributed by atoms with van der Waals surface area (Å²) in [5.74, 6) is 0. The maximum Gasteiger partial charge on any atom is 0.245 e. The lowest BCUT2D eigenvalue weighted by molar-refractivity contribution is 1.40. The Morgan fingerprint density at radius 2 is 1.18 bits per heavy atom. The molecule has 0 heterocycles. The van der Waals surface area contributed by atoms with E-state index in [0.29, 0.717) is 0 Å². The lowest BCUT2D eigenvalue weighted by Gasteiger charge is -2.08. The zero-order valence-corrected chi connectivity index (χ0v) is 11.6. The Morgan fingerprint density at radius 3 is 1.36 bits per heavy atom. The fraction of sp³-hybridized carbons (Fsp3) is 0.500. The molecule has 0 nitrogen and oxygen atoms in total. The van der Waals surface area contributed by atoms with Crippen molar-refractivity contribution in [1.29, 1.82) is 0 Å². The second-order valence-corrected chi connectivity index (χ2v) is 16.1. The van der Waals surface area contributed by atoms with E-state index in [-0.39, 0.29) is 0 Å². The van der Waals surface area contributed by atoms with Gasteiger partial charge >= 0.3 is 0 Å². The number of halogens is 2. The minimum Gasteiger partial charge on any atom is -0.1000 e. The molecular formula is C8H14Br2Si. The van der Waals surface area contributed by atoms with Crippen LogP contribution < -0.4 is 0 Å². The topological polar surface area (TPSA) is 0 Å². The minimum atomic E-state index is -1.53. The van der Waals surface area contributed by atoms with Gasteiger partial charge in [0.25, 0.3) is 0 Å². The van der Waals surface area contributed by atoms with Crippen LogP contribution in [0.2, 0.25) is 0 Å². The third-order valence-corrected chi connectivity index (χ3v) is 5.63. The molecule has 3 heteroatoms. The number of hydrogen-bond acceptors (Lipinski definition) is 0. The molecule has 0 aromatic heterocycles. The molecule has 0 bridgehead atoms. The molecule has 11 heavy (non-hydrogen) atoms. The molecule has 0 radical (unpaired) electrons. The summed E-state index contributed by atoms with van der Waals surface area (Å²) in [6.07, 6.45) is 0. The quantitative estimate of drug-likeness (QED) is 0.528. The van der Waals surface area contributed by atoms with Crippen molar-refractivity contribution >= 4 is 35.9 Å². The normalized spacial score (nSPS) is 10.7. The molecule has 0 aliphatic carbocycles. The third kappa shape index (κ3) is 7.03. The fourth-order valence-electron chi connectivity index (χ4n) is 0.811. The Morgan fingerprint density at radius 1 is 0.909 bits per heavy atom. The van der Waals surface area contributed by atoms with Gasteiger partial charge in [-0.25, -0.2) is 0 Å². The second-order valence-electron chi connectivity index (χ2n) is 3.12. The minimum absolute atomic E-state index is 1.35. The Kier molecular flexibility index (Phi) is 4.90. The molecule has 0 aromatic rings. The van der Waals surface area contributed by atoms with Crippen LogP contribution in [0.1, 0.15) is 27.7 Å². The summed E-state index contributed by atoms with van der Waals surface area (Å²) in [6, 6.07) is 0. The van der Waals surface area contributed by atoms with Gasteiger partial charge in [-0.05, 0) is 27.7 Å². The molecular weight excluding hydrogens is 284 g/mol. The van der Waals surface area contributed by atoms with Crippen LogP contribution in [0.25, 0.3) is 0 Å². The summed E-state index contributed by atoms with van der Waals surface area (Å²) < 4.78 is 0. The molecule has 0 rings (SSSR count). The van der Waals surface area contributed by atoms with Crippen molar-refractivity contribution in [1.82, 2.24) is 0 Å². The first-order chi connectivity index (χ1) is 4.83. The van der Waals surface area contributed by atoms with Crippen molar-refractivity contribution in [3.8, 4) is 0 Å². The third-order valence-electron chi connectivity index (χ3n) is 0.962. The van der Waals surface area contributed by atoms with Gasteiger partial charge in [-0.2, -0.15) is 0 Å². The molecule has 0 aliphatic rings. The standard InChI is InChI=1S/C8H14Br2Si/c1-7(2)5-11(9,10)6-8(3)4/h5-6H,1-4H3. The first-order valence-electron chi connectivity index (χ1n) is 3.53. The first-order valence-corrected chi connectivity index (χ1v) is 10.2. The lowest BCUT2D eigenvalue weighted by Crippen LogP contribution is -2.11. The van der Waals surface area contributed by atoms with Gasteiger partial charge in [0.2, 0.25) is 5.31 Å². The van der Waals surface area contributed by atoms with Crippen LogP contribution >= 0.6 is 30.6 Å². The van der Waals surface area contributed by atoms with Gasteiger partial charge in [-0.15, -0.1) is 0 Å². The number of allylic oxidation sites excluding steroid dienone is 2. The Balaban J connectivity index is 4.48. The summed E-state index contributed by atoms with van der Waals surface area (Å²) in [6.45, 7) is 8.46. The van der Waals surface area contributed by atoms with Gasteiger partial charge in [-0.1, -0.05) is 53.1 Å². The predicted molar refractivity (Wildman–Crippen MR) is 62.5 cm³/mol. The summed E-state index contributed by atoms with van der Waals surface area (Å²) in [5, 5.41) is -1.53. The van der Waals surface area contributed by atoms with Crippen molar-refractivity contribution in [2.45, 2.75) is 27.7 Å². The highest BCUT2D eigenvalue weighted by molar-refractivity contribution is 9.51. The van der Waals surface area contributed by atoms with E-state index in [2.05, 4.69) is 69.7 Å². The second kappa shape index (κ2) is 4.63. The molecule has 0 aliphatic heterocycles. The molecule has 0 unspecified atom stereocenters. The van der Waals surface area contributed by atoms with E-state index in [4.69, 9.17) is 0 Å². The van der Waals surface area contributed by atoms with Crippen molar-refractivity contribution in [2.75, 3.05) is 0 Å². The smallest absolute Gasteiger partial charge is 0.1000 e. The van der Waals surface area contributed by atoms with Crippen LogP contribution in [0, 0.1) is 0 Å². The van der Waals surface area contributed by atoms with E-state index in [0.717, 1.165) is 0 Å². The number of rotatable bonds is 2. The molecule has 0 N–H and O–H groups in total. The predicted octanol–water partition coefficient (Wildman–Crippen LogP) is 4.23. The highest BCUT2D eigenvalue weighted by atomic mass is 79.9. The molecule has 0 atom stereocenters. The van der Waals surface area contributed by atoms with Gasteiger partial charge in [-0.3, -0.25) is 0 Å². The molecule has 0 saturated heterocycles. The molecule has 0 spiro atoms. The van der Waals surface area contributed by atoms with E-state index < -0.39 is 5.31 Å². The largest absolute Gasteiger partial charge is 0.245 e. The lowest BCUT2D eigenvalue weighted by atomic mass is 10.4. The molecule has 0 saturated carbocycles. The average molecular weight is 298 g/mol. The highest BCUT2D eigenvalue weighted by Crippen LogP contribution is 2.25. The van der Waals surface area contributed by atoms with Gasteiger partial charge in [0.1, 0.15) is 0 Å². The zero-order chi connectivity index (χ0) is 9.07. The molecule has 64 valence electrons. The molecule has 0 amide bonds. The molecule has 0 aromatic carbocycles. The van der Waals surface area contributed by atoms with E-state index in [1.54, 1.807) is 0 Å². The van der Waals surface area contributed by atoms with Crippen LogP contribution in [0.5, 0.6) is 0 Å². The summed E-state index contributed by atoms with van der Waals surface area (Å²) in [4.78, 5) is 0. The van der Waals surface area contributed by atoms with E-state index >= 15 is 0 Å². The maximum absolute atomic E-state index is 3.69. The van der Waals surface area contributed by atoms with Crippen molar-refractivity contribution in [2.24, 2.45) is 0 Å². The molecule has 0 fully saturated rings. The van der Waals surface area contributed by atoms with Gasteiger partial charge in [0.15, 0.2) is 0 Å². The van der Waals surface area contributed by atoms with Crippen LogP contribution in [-0.2, 0) is 0 Å². The van der Waals surface area contributed by atoms with E-state index in [1.165, 1.54) is 11.1 Å². The average Bonchev–Trinajstić information content (AvgIpc) is 1.53. The van der Waals surface area contributed by atoms with Crippen LogP contribution in [-0.4, -0.2) is 5.31 Å². The summed E-state index contributed by atoms with van der Waals surface area (Å²) >= 11 is 7.37. The Bertz CT molecular complexity index is 164. The van der Waals surface area contributed by atoms with E-state index in [1.807, 2.05) is 0 Å². The maximum atomic E-state index is 3.69. The first kappa shape index (κ1) is 11.7. The summed E-state index contributed by atoms with van der Waals surface area (Å²) in [7, 11) is 0. The monoisotopic (exact) mass is 296 g/mol. The van der Waals surface area contributed by atoms with Gasteiger partial charge in [0, 0.05) is 0 Å². The fourth-order valence-corrected chi connectivity index (χ4v) is 7.93. The zero-order valence-electron chi connectivity index (χ0n) is 7.41. The van der Waals surface area contributed by atoms with Crippen LogP contribution in [0.3, 0.4) is 0 Å². The van der Waals surface area contributed by atoms with Gasteiger partial charge < -0.3 is 0 Å².